The van der Waals surface area contributed by atoms with Crippen molar-refractivity contribution < 1.29 is 22.0 Å². The number of halogens is 6. The fourth-order valence-corrected chi connectivity index (χ4v) is 2.50. The summed E-state index contributed by atoms with van der Waals surface area (Å²) in [5.74, 6) is -2.54. The van der Waals surface area contributed by atoms with Crippen molar-refractivity contribution in [2.45, 2.75) is 6.18 Å². The van der Waals surface area contributed by atoms with Crippen molar-refractivity contribution in [1.29, 1.82) is 0 Å². The van der Waals surface area contributed by atoms with Gasteiger partial charge in [0.25, 0.3) is 0 Å². The van der Waals surface area contributed by atoms with Crippen LogP contribution in [0.25, 0.3) is 22.5 Å². The zero-order chi connectivity index (χ0) is 19.1. The number of alkyl halides is 3. The van der Waals surface area contributed by atoms with E-state index in [1.54, 1.807) is 0 Å². The first-order valence-electron chi connectivity index (χ1n) is 6.99. The van der Waals surface area contributed by atoms with E-state index in [0.717, 1.165) is 24.3 Å². The van der Waals surface area contributed by atoms with Gasteiger partial charge in [-0.3, -0.25) is 0 Å². The molecule has 1 aromatic heterocycles. The Morgan fingerprint density at radius 3 is 2.23 bits per heavy atom. The third-order valence-corrected chi connectivity index (χ3v) is 3.61. The molecule has 3 aromatic rings. The lowest BCUT2D eigenvalue weighted by molar-refractivity contribution is -0.137. The Balaban J connectivity index is 2.24. The maximum atomic E-state index is 13.5. The molecule has 26 heavy (non-hydrogen) atoms. The summed E-state index contributed by atoms with van der Waals surface area (Å²) in [5.41, 5.74) is 4.31. The Morgan fingerprint density at radius 2 is 1.58 bits per heavy atom. The predicted molar refractivity (Wildman–Crippen MR) is 85.0 cm³/mol. The van der Waals surface area contributed by atoms with Crippen molar-refractivity contribution in [1.82, 2.24) is 15.2 Å². The number of nitrogens with two attached hydrogens (primary N) is 1. The van der Waals surface area contributed by atoms with Crippen LogP contribution in [0.15, 0.2) is 36.4 Å². The van der Waals surface area contributed by atoms with Crippen LogP contribution in [0.1, 0.15) is 5.56 Å². The molecule has 0 aliphatic carbocycles. The molecule has 0 saturated carbocycles. The van der Waals surface area contributed by atoms with Gasteiger partial charge in [0, 0.05) is 16.1 Å². The zero-order valence-electron chi connectivity index (χ0n) is 12.7. The highest BCUT2D eigenvalue weighted by atomic mass is 35.5. The minimum Gasteiger partial charge on any atom is -0.366 e. The third kappa shape index (κ3) is 3.57. The van der Waals surface area contributed by atoms with E-state index in [4.69, 9.17) is 17.3 Å². The van der Waals surface area contributed by atoms with Gasteiger partial charge in [-0.15, -0.1) is 10.2 Å². The van der Waals surface area contributed by atoms with Crippen molar-refractivity contribution >= 4 is 17.5 Å². The Morgan fingerprint density at radius 1 is 0.846 bits per heavy atom. The van der Waals surface area contributed by atoms with Gasteiger partial charge >= 0.3 is 6.18 Å². The van der Waals surface area contributed by atoms with E-state index in [2.05, 4.69) is 15.2 Å². The molecule has 0 saturated heterocycles. The van der Waals surface area contributed by atoms with Crippen LogP contribution in [0.4, 0.5) is 27.9 Å². The predicted octanol–water partition coefficient (Wildman–Crippen LogP) is 4.74. The van der Waals surface area contributed by atoms with E-state index in [9.17, 15) is 22.0 Å². The quantitative estimate of drug-likeness (QED) is 0.646. The molecule has 10 heteroatoms. The summed E-state index contributed by atoms with van der Waals surface area (Å²) < 4.78 is 65.8. The molecule has 2 aromatic carbocycles. The van der Waals surface area contributed by atoms with Crippen LogP contribution in [0, 0.1) is 11.6 Å². The molecule has 0 amide bonds. The molecule has 1 heterocycles. The van der Waals surface area contributed by atoms with Crippen molar-refractivity contribution in [3.05, 3.63) is 58.6 Å². The molecular formula is C16H8ClF5N4. The second-order valence-electron chi connectivity index (χ2n) is 5.22. The van der Waals surface area contributed by atoms with E-state index < -0.39 is 23.4 Å². The van der Waals surface area contributed by atoms with Crippen molar-refractivity contribution in [2.75, 3.05) is 5.73 Å². The normalized spacial score (nSPS) is 11.6. The maximum absolute atomic E-state index is 13.5. The Bertz CT molecular complexity index is 991. The van der Waals surface area contributed by atoms with Crippen molar-refractivity contribution in [3.8, 4) is 22.5 Å². The summed E-state index contributed by atoms with van der Waals surface area (Å²) in [6.45, 7) is 0. The average Bonchev–Trinajstić information content (AvgIpc) is 2.56. The number of nitrogens with zero attached hydrogens (tertiary/aromatic N) is 3. The van der Waals surface area contributed by atoms with Crippen molar-refractivity contribution in [2.24, 2.45) is 0 Å². The molecule has 3 rings (SSSR count). The van der Waals surface area contributed by atoms with Gasteiger partial charge in [-0.25, -0.2) is 13.8 Å². The van der Waals surface area contributed by atoms with Gasteiger partial charge in [-0.2, -0.15) is 13.2 Å². The lowest BCUT2D eigenvalue weighted by Crippen LogP contribution is -2.06. The summed E-state index contributed by atoms with van der Waals surface area (Å²) in [6.07, 6.45) is -4.64. The second kappa shape index (κ2) is 6.49. The topological polar surface area (TPSA) is 64.7 Å². The lowest BCUT2D eigenvalue weighted by atomic mass is 10.0. The molecule has 0 fully saturated rings. The zero-order valence-corrected chi connectivity index (χ0v) is 13.4. The SMILES string of the molecule is Nc1nnc(-c2cc(Cl)cc(C(F)(F)F)c2)c(-c2ccc(F)c(F)c2)n1. The summed E-state index contributed by atoms with van der Waals surface area (Å²) in [5, 5.41) is 7.10. The van der Waals surface area contributed by atoms with Crippen LogP contribution in [0.3, 0.4) is 0 Å². The minimum absolute atomic E-state index is 0.0513. The van der Waals surface area contributed by atoms with E-state index in [1.807, 2.05) is 0 Å². The third-order valence-electron chi connectivity index (χ3n) is 3.39. The number of benzene rings is 2. The average molecular weight is 387 g/mol. The van der Waals surface area contributed by atoms with E-state index in [1.165, 1.54) is 12.1 Å². The largest absolute Gasteiger partial charge is 0.416 e. The standard InChI is InChI=1S/C16H8ClF5N4/c17-10-4-8(3-9(6-10)16(20,21)22)14-13(24-15(23)26-25-14)7-1-2-11(18)12(19)5-7/h1-6H,(H2,23,24,26). The molecule has 4 nitrogen and oxygen atoms in total. The number of aromatic nitrogens is 3. The molecule has 2 N–H and O–H groups in total. The monoisotopic (exact) mass is 386 g/mol. The molecule has 0 aliphatic heterocycles. The Hall–Kier alpha value is -2.81. The van der Waals surface area contributed by atoms with Gasteiger partial charge in [0.1, 0.15) is 11.4 Å². The maximum Gasteiger partial charge on any atom is 0.416 e. The van der Waals surface area contributed by atoms with Gasteiger partial charge < -0.3 is 5.73 Å². The number of rotatable bonds is 2. The summed E-state index contributed by atoms with van der Waals surface area (Å²) in [6, 6.07) is 5.66. The van der Waals surface area contributed by atoms with Gasteiger partial charge in [0.2, 0.25) is 5.95 Å². The number of hydrogen-bond donors (Lipinski definition) is 1. The number of nitrogen functional groups attached to an aromatic ring is 1. The molecule has 0 aliphatic rings. The molecule has 0 unspecified atom stereocenters. The molecule has 134 valence electrons. The fourth-order valence-electron chi connectivity index (χ4n) is 2.27. The first kappa shape index (κ1) is 18.0. The smallest absolute Gasteiger partial charge is 0.366 e. The number of anilines is 1. The van der Waals surface area contributed by atoms with Crippen LogP contribution in [0.5, 0.6) is 0 Å². The molecule has 0 atom stereocenters. The fraction of sp³-hybridized carbons (Fsp3) is 0.0625. The van der Waals surface area contributed by atoms with Crippen LogP contribution < -0.4 is 5.73 Å². The summed E-state index contributed by atoms with van der Waals surface area (Å²) in [4.78, 5) is 3.90. The molecule has 0 bridgehead atoms. The molecule has 0 radical (unpaired) electrons. The first-order valence-corrected chi connectivity index (χ1v) is 7.37. The van der Waals surface area contributed by atoms with Gasteiger partial charge in [-0.1, -0.05) is 11.6 Å². The highest BCUT2D eigenvalue weighted by Crippen LogP contribution is 2.36. The van der Waals surface area contributed by atoms with E-state index in [0.29, 0.717) is 0 Å². The first-order chi connectivity index (χ1) is 12.1. The minimum atomic E-state index is -4.64. The van der Waals surface area contributed by atoms with E-state index >= 15 is 0 Å². The van der Waals surface area contributed by atoms with Crippen LogP contribution in [0.2, 0.25) is 5.02 Å². The Kier molecular flexibility index (Phi) is 4.49. The highest BCUT2D eigenvalue weighted by molar-refractivity contribution is 6.31. The van der Waals surface area contributed by atoms with Crippen LogP contribution in [-0.2, 0) is 6.18 Å². The second-order valence-corrected chi connectivity index (χ2v) is 5.66. The van der Waals surface area contributed by atoms with Gasteiger partial charge in [-0.05, 0) is 36.4 Å². The molecular weight excluding hydrogens is 379 g/mol. The van der Waals surface area contributed by atoms with Crippen molar-refractivity contribution in [3.63, 3.8) is 0 Å². The van der Waals surface area contributed by atoms with Crippen LogP contribution in [-0.4, -0.2) is 15.2 Å². The summed E-state index contributed by atoms with van der Waals surface area (Å²) >= 11 is 5.78. The lowest BCUT2D eigenvalue weighted by Gasteiger charge is -2.12. The van der Waals surface area contributed by atoms with Gasteiger partial charge in [0.05, 0.1) is 5.56 Å². The molecule has 0 spiro atoms. The highest BCUT2D eigenvalue weighted by Gasteiger charge is 2.31. The summed E-state index contributed by atoms with van der Waals surface area (Å²) in [7, 11) is 0. The number of hydrogen-bond acceptors (Lipinski definition) is 4. The Labute approximate surface area is 148 Å². The van der Waals surface area contributed by atoms with E-state index in [-0.39, 0.29) is 33.5 Å². The van der Waals surface area contributed by atoms with Gasteiger partial charge in [0.15, 0.2) is 11.6 Å². The van der Waals surface area contributed by atoms with Crippen LogP contribution >= 0.6 is 11.6 Å².